The summed E-state index contributed by atoms with van der Waals surface area (Å²) in [5, 5.41) is 13.2. The van der Waals surface area contributed by atoms with E-state index in [1.165, 1.54) is 42.5 Å². The molecule has 0 aliphatic heterocycles. The minimum Gasteiger partial charge on any atom is -0.493 e. The van der Waals surface area contributed by atoms with Crippen molar-refractivity contribution in [2.45, 2.75) is 13.0 Å². The van der Waals surface area contributed by atoms with Gasteiger partial charge in [-0.1, -0.05) is 6.07 Å². The Bertz CT molecular complexity index is 738. The van der Waals surface area contributed by atoms with Gasteiger partial charge in [0.2, 0.25) is 5.91 Å². The standard InChI is InChI=1S/C16H14F2N2O5/c17-16(18)25-13-6-4-11(5-7-13)19-15(21)8-9-24-14-3-1-2-12(10-14)20(22)23/h1-7,10,16H,8-9H2,(H,19,21). The van der Waals surface area contributed by atoms with Gasteiger partial charge in [-0.05, 0) is 30.3 Å². The van der Waals surface area contributed by atoms with E-state index < -0.39 is 11.5 Å². The molecular weight excluding hydrogens is 338 g/mol. The van der Waals surface area contributed by atoms with Crippen molar-refractivity contribution in [1.29, 1.82) is 0 Å². The summed E-state index contributed by atoms with van der Waals surface area (Å²) in [6.07, 6.45) is 0.0119. The van der Waals surface area contributed by atoms with Crippen LogP contribution in [0.15, 0.2) is 48.5 Å². The lowest BCUT2D eigenvalue weighted by Gasteiger charge is -2.08. The molecule has 1 N–H and O–H groups in total. The molecule has 0 spiro atoms. The molecule has 0 bridgehead atoms. The zero-order valence-electron chi connectivity index (χ0n) is 12.9. The molecule has 0 saturated heterocycles. The molecule has 25 heavy (non-hydrogen) atoms. The van der Waals surface area contributed by atoms with Gasteiger partial charge in [0, 0.05) is 11.8 Å². The zero-order chi connectivity index (χ0) is 18.2. The van der Waals surface area contributed by atoms with Crippen LogP contribution in [-0.2, 0) is 4.79 Å². The van der Waals surface area contributed by atoms with Gasteiger partial charge >= 0.3 is 6.61 Å². The molecule has 0 aliphatic carbocycles. The van der Waals surface area contributed by atoms with E-state index in [1.807, 2.05) is 0 Å². The number of hydrogen-bond donors (Lipinski definition) is 1. The largest absolute Gasteiger partial charge is 0.493 e. The van der Waals surface area contributed by atoms with Crippen LogP contribution in [0.25, 0.3) is 0 Å². The van der Waals surface area contributed by atoms with E-state index in [1.54, 1.807) is 6.07 Å². The van der Waals surface area contributed by atoms with Gasteiger partial charge in [-0.25, -0.2) is 0 Å². The minimum atomic E-state index is -2.91. The van der Waals surface area contributed by atoms with Crippen LogP contribution in [-0.4, -0.2) is 24.0 Å². The number of anilines is 1. The summed E-state index contributed by atoms with van der Waals surface area (Å²) in [6, 6.07) is 11.1. The van der Waals surface area contributed by atoms with Gasteiger partial charge in [0.1, 0.15) is 11.5 Å². The molecule has 132 valence electrons. The Hall–Kier alpha value is -3.23. The maximum atomic E-state index is 12.0. The van der Waals surface area contributed by atoms with E-state index in [4.69, 9.17) is 4.74 Å². The van der Waals surface area contributed by atoms with Crippen LogP contribution >= 0.6 is 0 Å². The van der Waals surface area contributed by atoms with E-state index >= 15 is 0 Å². The molecule has 2 rings (SSSR count). The summed E-state index contributed by atoms with van der Waals surface area (Å²) < 4.78 is 33.6. The number of ether oxygens (including phenoxy) is 2. The van der Waals surface area contributed by atoms with Gasteiger partial charge in [0.15, 0.2) is 0 Å². The number of rotatable bonds is 8. The summed E-state index contributed by atoms with van der Waals surface area (Å²) in [5.74, 6) is -0.0783. The number of halogens is 2. The molecule has 2 aromatic rings. The van der Waals surface area contributed by atoms with Crippen molar-refractivity contribution in [3.8, 4) is 11.5 Å². The van der Waals surface area contributed by atoms with Crippen LogP contribution in [0.2, 0.25) is 0 Å². The molecule has 0 heterocycles. The van der Waals surface area contributed by atoms with Crippen LogP contribution in [0.3, 0.4) is 0 Å². The number of nitro benzene ring substituents is 1. The lowest BCUT2D eigenvalue weighted by Crippen LogP contribution is -2.15. The molecule has 2 aromatic carbocycles. The topological polar surface area (TPSA) is 90.7 Å². The van der Waals surface area contributed by atoms with E-state index in [0.717, 1.165) is 0 Å². The van der Waals surface area contributed by atoms with Crippen molar-refractivity contribution >= 4 is 17.3 Å². The van der Waals surface area contributed by atoms with Crippen LogP contribution in [0.5, 0.6) is 11.5 Å². The summed E-state index contributed by atoms with van der Waals surface area (Å²) in [7, 11) is 0. The van der Waals surface area contributed by atoms with Crippen LogP contribution in [0, 0.1) is 10.1 Å². The van der Waals surface area contributed by atoms with E-state index in [-0.39, 0.29) is 36.1 Å². The molecule has 0 unspecified atom stereocenters. The summed E-state index contributed by atoms with van der Waals surface area (Å²) >= 11 is 0. The normalized spacial score (nSPS) is 10.4. The number of amides is 1. The quantitative estimate of drug-likeness (QED) is 0.579. The Morgan fingerprint density at radius 2 is 1.88 bits per heavy atom. The first kappa shape index (κ1) is 18.1. The van der Waals surface area contributed by atoms with Gasteiger partial charge in [-0.15, -0.1) is 0 Å². The van der Waals surface area contributed by atoms with E-state index in [0.29, 0.717) is 5.69 Å². The number of carbonyl (C=O) groups is 1. The highest BCUT2D eigenvalue weighted by Crippen LogP contribution is 2.20. The fourth-order valence-electron chi connectivity index (χ4n) is 1.89. The Morgan fingerprint density at radius 3 is 2.52 bits per heavy atom. The number of benzene rings is 2. The van der Waals surface area contributed by atoms with Crippen LogP contribution in [0.1, 0.15) is 6.42 Å². The number of nitrogens with zero attached hydrogens (tertiary/aromatic N) is 1. The molecular formula is C16H14F2N2O5. The predicted octanol–water partition coefficient (Wildman–Crippen LogP) is 3.60. The molecule has 7 nitrogen and oxygen atoms in total. The van der Waals surface area contributed by atoms with Crippen molar-refractivity contribution in [2.75, 3.05) is 11.9 Å². The minimum absolute atomic E-state index is 0.0119. The van der Waals surface area contributed by atoms with Crippen molar-refractivity contribution in [1.82, 2.24) is 0 Å². The first-order valence-corrected chi connectivity index (χ1v) is 7.16. The van der Waals surface area contributed by atoms with Gasteiger partial charge in [-0.2, -0.15) is 8.78 Å². The fourth-order valence-corrected chi connectivity index (χ4v) is 1.89. The van der Waals surface area contributed by atoms with Gasteiger partial charge in [0.05, 0.1) is 24.0 Å². The Morgan fingerprint density at radius 1 is 1.16 bits per heavy atom. The maximum Gasteiger partial charge on any atom is 0.387 e. The number of non-ortho nitro benzene ring substituents is 1. The smallest absolute Gasteiger partial charge is 0.387 e. The molecule has 0 aliphatic rings. The third-order valence-corrected chi connectivity index (χ3v) is 2.99. The predicted molar refractivity (Wildman–Crippen MR) is 84.9 cm³/mol. The third-order valence-electron chi connectivity index (χ3n) is 2.99. The number of nitro groups is 1. The lowest BCUT2D eigenvalue weighted by atomic mass is 10.3. The Kier molecular flexibility index (Phi) is 6.21. The molecule has 1 amide bonds. The van der Waals surface area contributed by atoms with E-state index in [9.17, 15) is 23.7 Å². The van der Waals surface area contributed by atoms with E-state index in [2.05, 4.69) is 10.1 Å². The summed E-state index contributed by atoms with van der Waals surface area (Å²) in [5.41, 5.74) is 0.315. The zero-order valence-corrected chi connectivity index (χ0v) is 12.9. The van der Waals surface area contributed by atoms with Crippen molar-refractivity contribution in [2.24, 2.45) is 0 Å². The number of carbonyl (C=O) groups excluding carboxylic acids is 1. The average Bonchev–Trinajstić information content (AvgIpc) is 2.56. The number of nitrogens with one attached hydrogen (secondary N) is 1. The van der Waals surface area contributed by atoms with Crippen molar-refractivity contribution < 1.29 is 28.0 Å². The second-order valence-electron chi connectivity index (χ2n) is 4.80. The molecule has 0 radical (unpaired) electrons. The summed E-state index contributed by atoms with van der Waals surface area (Å²) in [6.45, 7) is -2.88. The van der Waals surface area contributed by atoms with Gasteiger partial charge < -0.3 is 14.8 Å². The molecule has 0 fully saturated rings. The SMILES string of the molecule is O=C(CCOc1cccc([N+](=O)[O-])c1)Nc1ccc(OC(F)F)cc1. The molecule has 0 atom stereocenters. The lowest BCUT2D eigenvalue weighted by molar-refractivity contribution is -0.384. The molecule has 0 saturated carbocycles. The molecule has 0 aromatic heterocycles. The van der Waals surface area contributed by atoms with Gasteiger partial charge in [0.25, 0.3) is 5.69 Å². The first-order chi connectivity index (χ1) is 11.9. The second-order valence-corrected chi connectivity index (χ2v) is 4.80. The maximum absolute atomic E-state index is 12.0. The highest BCUT2D eigenvalue weighted by atomic mass is 19.3. The monoisotopic (exact) mass is 352 g/mol. The molecule has 9 heteroatoms. The highest BCUT2D eigenvalue weighted by molar-refractivity contribution is 5.90. The van der Waals surface area contributed by atoms with Crippen molar-refractivity contribution in [3.05, 3.63) is 58.6 Å². The van der Waals surface area contributed by atoms with Gasteiger partial charge in [-0.3, -0.25) is 14.9 Å². The second kappa shape index (κ2) is 8.57. The first-order valence-electron chi connectivity index (χ1n) is 7.16. The number of hydrogen-bond acceptors (Lipinski definition) is 5. The Labute approximate surface area is 141 Å². The van der Waals surface area contributed by atoms with Crippen LogP contribution < -0.4 is 14.8 Å². The summed E-state index contributed by atoms with van der Waals surface area (Å²) in [4.78, 5) is 21.9. The Balaban J connectivity index is 1.79. The van der Waals surface area contributed by atoms with Crippen LogP contribution in [0.4, 0.5) is 20.2 Å². The fraction of sp³-hybridized carbons (Fsp3) is 0.188. The van der Waals surface area contributed by atoms with Crippen molar-refractivity contribution in [3.63, 3.8) is 0 Å². The highest BCUT2D eigenvalue weighted by Gasteiger charge is 2.08. The number of alkyl halides is 2. The third kappa shape index (κ3) is 6.05. The average molecular weight is 352 g/mol.